The van der Waals surface area contributed by atoms with E-state index in [1.807, 2.05) is 0 Å². The van der Waals surface area contributed by atoms with E-state index in [1.165, 1.54) is 35.0 Å². The topological polar surface area (TPSA) is 150 Å². The first-order valence-electron chi connectivity index (χ1n) is 26.5. The average molecular weight is 1030 g/mol. The van der Waals surface area contributed by atoms with E-state index in [2.05, 4.69) is 26.0 Å². The number of hydrogen-bond acceptors (Lipinski definition) is 10. The number of fused-ring (bicyclic) bond motifs is 2. The molecule has 4 aliphatic heterocycles. The van der Waals surface area contributed by atoms with Gasteiger partial charge < -0.3 is 0 Å². The van der Waals surface area contributed by atoms with Gasteiger partial charge in [0.25, 0.3) is 47.3 Å². The van der Waals surface area contributed by atoms with Crippen molar-refractivity contribution in [2.75, 3.05) is 27.2 Å². The fourth-order valence-corrected chi connectivity index (χ4v) is 15.0. The van der Waals surface area contributed by atoms with E-state index in [0.29, 0.717) is 84.5 Å². The normalized spacial score (nSPS) is 17.7. The van der Waals surface area contributed by atoms with E-state index in [0.717, 1.165) is 130 Å². The van der Waals surface area contributed by atoms with Crippen LogP contribution >= 0.6 is 22.7 Å². The maximum Gasteiger partial charge on any atom is 0.262 e. The molecule has 0 saturated carbocycles. The van der Waals surface area contributed by atoms with E-state index in [1.54, 1.807) is 59.1 Å². The van der Waals surface area contributed by atoms with Crippen molar-refractivity contribution in [3.05, 3.63) is 114 Å². The second-order valence-electron chi connectivity index (χ2n) is 20.8. The second kappa shape index (κ2) is 18.5. The van der Waals surface area contributed by atoms with E-state index in [9.17, 15) is 38.4 Å². The van der Waals surface area contributed by atoms with Gasteiger partial charge in [0.15, 0.2) is 0 Å². The number of aryl methyl sites for hydroxylation is 2. The number of unbranched alkanes of at least 4 members (excludes halogenated alkanes) is 10. The Morgan fingerprint density at radius 3 is 1.23 bits per heavy atom. The van der Waals surface area contributed by atoms with Gasteiger partial charge in [0, 0.05) is 113 Å². The van der Waals surface area contributed by atoms with Gasteiger partial charge in [-0.1, -0.05) is 78.1 Å². The van der Waals surface area contributed by atoms with E-state index in [4.69, 9.17) is 0 Å². The summed E-state index contributed by atoms with van der Waals surface area (Å²) >= 11 is 3.18. The minimum absolute atomic E-state index is 0.275. The molecule has 4 aromatic carbocycles. The van der Waals surface area contributed by atoms with Crippen molar-refractivity contribution in [2.45, 2.75) is 117 Å². The first kappa shape index (κ1) is 48.1. The summed E-state index contributed by atoms with van der Waals surface area (Å²) in [5.74, 6) is -3.55. The molecule has 0 N–H and O–H groups in total. The van der Waals surface area contributed by atoms with Gasteiger partial charge in [-0.25, -0.2) is 0 Å². The van der Waals surface area contributed by atoms with Gasteiger partial charge in [0.05, 0.1) is 11.1 Å². The third kappa shape index (κ3) is 7.17. The van der Waals surface area contributed by atoms with Crippen LogP contribution in [0, 0.1) is 0 Å². The summed E-state index contributed by atoms with van der Waals surface area (Å²) in [6.45, 7) is 4.89. The van der Waals surface area contributed by atoms with Crippen molar-refractivity contribution in [1.29, 1.82) is 0 Å². The molecule has 14 heteroatoms. The highest BCUT2D eigenvalue weighted by Gasteiger charge is 2.43. The molecule has 12 nitrogen and oxygen atoms in total. The molecule has 6 heterocycles. The molecule has 2 aliphatic carbocycles. The summed E-state index contributed by atoms with van der Waals surface area (Å²) in [6.07, 6.45) is 15.1. The van der Waals surface area contributed by atoms with Crippen LogP contribution in [-0.4, -0.2) is 94.0 Å². The molecule has 6 aliphatic rings. The third-order valence-corrected chi connectivity index (χ3v) is 18.9. The lowest BCUT2D eigenvalue weighted by Gasteiger charge is -2.32. The van der Waals surface area contributed by atoms with Crippen LogP contribution in [0.2, 0.25) is 0 Å². The predicted molar refractivity (Wildman–Crippen MR) is 288 cm³/mol. The summed E-state index contributed by atoms with van der Waals surface area (Å²) in [5, 5.41) is 1.46. The number of benzene rings is 4. The monoisotopic (exact) mass is 1020 g/mol. The lowest BCUT2D eigenvalue weighted by atomic mass is 9.83. The molecule has 0 atom stereocenters. The van der Waals surface area contributed by atoms with Crippen molar-refractivity contribution in [1.82, 2.24) is 19.6 Å². The zero-order valence-corrected chi connectivity index (χ0v) is 43.9. The number of imide groups is 4. The Morgan fingerprint density at radius 1 is 0.365 bits per heavy atom. The molecule has 6 aromatic rings. The maximum atomic E-state index is 14.9. The Balaban J connectivity index is 0.941. The van der Waals surface area contributed by atoms with Crippen molar-refractivity contribution in [3.63, 3.8) is 0 Å². The molecular formula is C60H56N4O8S2. The molecular weight excluding hydrogens is 969 g/mol. The Hall–Kier alpha value is -6.90. The SMILES string of the molecule is CCCCCCCCN1C(=O)c2ccc3c4c(c(-c5cc6c(s5)CC/C6=C5/CCc6sc(-c7cc8c9c(ccc%10c9c7C(=O)N(CCCCCCCC)C%10=O)C(=O)N(C)C8=O)cc65)cc(c24)C1=O)C(=O)N(C)C3=O. The number of nitrogens with zero attached hydrogens (tertiary/aromatic N) is 4. The number of rotatable bonds is 16. The number of carbonyl (C=O) groups is 8. The number of allylic oxidation sites excluding steroid dienone is 2. The average Bonchev–Trinajstić information content (AvgIpc) is 4.22. The van der Waals surface area contributed by atoms with Crippen molar-refractivity contribution >= 4 is 103 Å². The highest BCUT2D eigenvalue weighted by Crippen LogP contribution is 2.53. The van der Waals surface area contributed by atoms with Gasteiger partial charge in [-0.05, 0) is 109 Å². The molecule has 376 valence electrons. The van der Waals surface area contributed by atoms with Crippen LogP contribution in [0.25, 0.3) is 53.6 Å². The standard InChI is InChI=1S/C60H56N4O8S2/c1-5-7-9-11-13-15-25-63-56(68)34-18-19-35-49-48(34)42(58(63)70)28-39(51(49)59(71)62(4)54(35)66)45-29-37-31(21-23-43(37)73-45)32-22-24-44-38(32)30-46(74-44)40-27-41-47-33(53(65)61(3)55(41)67)17-20-36-50(47)52(40)60(72)64(57(36)69)26-16-14-12-10-8-6-2/h17-20,27-30H,5-16,21-26H2,1-4H3/b32-31+. The first-order chi connectivity index (χ1) is 35.8. The number of amides is 8. The van der Waals surface area contributed by atoms with Crippen LogP contribution in [0.1, 0.15) is 207 Å². The van der Waals surface area contributed by atoms with Crippen molar-refractivity contribution < 1.29 is 38.4 Å². The van der Waals surface area contributed by atoms with Gasteiger partial charge in [-0.3, -0.25) is 58.0 Å². The fraction of sp³-hybridized carbons (Fsp3) is 0.367. The third-order valence-electron chi connectivity index (χ3n) is 16.4. The minimum Gasteiger partial charge on any atom is -0.277 e. The molecule has 0 spiro atoms. The molecule has 0 unspecified atom stereocenters. The number of carbonyl (C=O) groups excluding carboxylic acids is 8. The second-order valence-corrected chi connectivity index (χ2v) is 23.0. The van der Waals surface area contributed by atoms with Crippen LogP contribution in [0.3, 0.4) is 0 Å². The Morgan fingerprint density at radius 2 is 0.730 bits per heavy atom. The number of hydrogen-bond donors (Lipinski definition) is 0. The zero-order chi connectivity index (χ0) is 51.4. The van der Waals surface area contributed by atoms with Gasteiger partial charge >= 0.3 is 0 Å². The molecule has 74 heavy (non-hydrogen) atoms. The summed E-state index contributed by atoms with van der Waals surface area (Å²) < 4.78 is 0. The van der Waals surface area contributed by atoms with Gasteiger partial charge in [0.2, 0.25) is 0 Å². The molecule has 12 rings (SSSR count). The van der Waals surface area contributed by atoms with Crippen LogP contribution in [-0.2, 0) is 12.8 Å². The highest BCUT2D eigenvalue weighted by molar-refractivity contribution is 7.16. The highest BCUT2D eigenvalue weighted by atomic mass is 32.1. The summed E-state index contributed by atoms with van der Waals surface area (Å²) in [4.78, 5) is 122. The van der Waals surface area contributed by atoms with Crippen LogP contribution in [0.5, 0.6) is 0 Å². The Labute approximate surface area is 437 Å². The molecule has 0 fully saturated rings. The minimum atomic E-state index is -0.481. The number of thiophene rings is 2. The smallest absolute Gasteiger partial charge is 0.262 e. The van der Waals surface area contributed by atoms with Crippen LogP contribution in [0.4, 0.5) is 0 Å². The lowest BCUT2D eigenvalue weighted by molar-refractivity contribution is 0.0591. The molecule has 0 saturated heterocycles. The molecule has 2 aromatic heterocycles. The fourth-order valence-electron chi connectivity index (χ4n) is 12.5. The van der Waals surface area contributed by atoms with E-state index in [-0.39, 0.29) is 18.7 Å². The lowest BCUT2D eigenvalue weighted by Crippen LogP contribution is -2.43. The first-order valence-corrected chi connectivity index (χ1v) is 28.1. The Kier molecular flexibility index (Phi) is 12.0. The molecule has 8 amide bonds. The van der Waals surface area contributed by atoms with Crippen molar-refractivity contribution in [3.8, 4) is 20.9 Å². The van der Waals surface area contributed by atoms with E-state index < -0.39 is 47.3 Å². The predicted octanol–water partition coefficient (Wildman–Crippen LogP) is 12.6. The van der Waals surface area contributed by atoms with E-state index >= 15 is 0 Å². The summed E-state index contributed by atoms with van der Waals surface area (Å²) in [7, 11) is 2.93. The van der Waals surface area contributed by atoms with Crippen LogP contribution in [0.15, 0.2) is 48.5 Å². The Bertz CT molecular complexity index is 3610. The van der Waals surface area contributed by atoms with Crippen LogP contribution < -0.4 is 0 Å². The van der Waals surface area contributed by atoms with Gasteiger partial charge in [-0.15, -0.1) is 22.7 Å². The molecule has 0 bridgehead atoms. The van der Waals surface area contributed by atoms with Crippen molar-refractivity contribution in [2.24, 2.45) is 0 Å². The summed E-state index contributed by atoms with van der Waals surface area (Å²) in [6, 6.07) is 14.3. The largest absolute Gasteiger partial charge is 0.277 e. The maximum absolute atomic E-state index is 14.9. The molecule has 0 radical (unpaired) electrons. The zero-order valence-electron chi connectivity index (χ0n) is 42.2. The van der Waals surface area contributed by atoms with Gasteiger partial charge in [-0.2, -0.15) is 0 Å². The summed E-state index contributed by atoms with van der Waals surface area (Å²) in [5.41, 5.74) is 8.19. The quantitative estimate of drug-likeness (QED) is 0.0687. The van der Waals surface area contributed by atoms with Gasteiger partial charge in [0.1, 0.15) is 0 Å².